The lowest BCUT2D eigenvalue weighted by Crippen LogP contribution is -2.00. The average molecular weight is 825 g/mol. The number of hydrogen-bond acceptors (Lipinski definition) is 7. The molecule has 13 rings (SSSR count). The fourth-order valence-electron chi connectivity index (χ4n) is 8.93. The number of para-hydroxylation sites is 3. The maximum Gasteiger partial charge on any atom is 0.180 e. The monoisotopic (exact) mass is 824 g/mol. The van der Waals surface area contributed by atoms with Crippen LogP contribution < -0.4 is 0 Å². The fourth-order valence-corrected chi connectivity index (χ4v) is 10.2. The Morgan fingerprint density at radius 3 is 1.81 bits per heavy atom. The molecule has 0 aliphatic carbocycles. The lowest BCUT2D eigenvalue weighted by Gasteiger charge is -2.10. The van der Waals surface area contributed by atoms with Crippen LogP contribution in [0.2, 0.25) is 0 Å². The summed E-state index contributed by atoms with van der Waals surface area (Å²) >= 11 is 1.73. The van der Waals surface area contributed by atoms with Gasteiger partial charge in [-0.2, -0.15) is 0 Å². The molecule has 0 atom stereocenters. The van der Waals surface area contributed by atoms with Crippen molar-refractivity contribution in [3.05, 3.63) is 194 Å². The molecule has 0 radical (unpaired) electrons. The summed E-state index contributed by atoms with van der Waals surface area (Å²) in [4.78, 5) is 25.9. The SMILES string of the molecule is c1ccc(-c2nc(-c3ccc4c5ccccc5n(-c5ccccc5)c4c3)nc(-c3cccc4c3sc3cc(-c5nc(-c6ccccc6)c6oc7ccccc7c6n5)ccc34)n2)cc1. The van der Waals surface area contributed by atoms with E-state index >= 15 is 0 Å². The topological polar surface area (TPSA) is 82.5 Å². The van der Waals surface area contributed by atoms with Crippen molar-refractivity contribution in [2.45, 2.75) is 0 Å². The van der Waals surface area contributed by atoms with E-state index in [1.165, 1.54) is 10.8 Å². The summed E-state index contributed by atoms with van der Waals surface area (Å²) in [6.45, 7) is 0. The largest absolute Gasteiger partial charge is 0.452 e. The van der Waals surface area contributed by atoms with Gasteiger partial charge in [0.05, 0.1) is 11.0 Å². The summed E-state index contributed by atoms with van der Waals surface area (Å²) in [5.41, 5.74) is 11.1. The minimum absolute atomic E-state index is 0.611. The van der Waals surface area contributed by atoms with Gasteiger partial charge in [0.1, 0.15) is 16.8 Å². The third-order valence-corrected chi connectivity index (χ3v) is 13.1. The molecule has 0 N–H and O–H groups in total. The Kier molecular flexibility index (Phi) is 7.94. The third kappa shape index (κ3) is 5.76. The van der Waals surface area contributed by atoms with Crippen molar-refractivity contribution < 1.29 is 4.42 Å². The predicted molar refractivity (Wildman–Crippen MR) is 257 cm³/mol. The van der Waals surface area contributed by atoms with Crippen LogP contribution in [0.15, 0.2) is 199 Å². The van der Waals surface area contributed by atoms with E-state index in [0.717, 1.165) is 86.9 Å². The minimum Gasteiger partial charge on any atom is -0.452 e. The molecule has 63 heavy (non-hydrogen) atoms. The number of aromatic nitrogens is 6. The van der Waals surface area contributed by atoms with Crippen molar-refractivity contribution >= 4 is 75.4 Å². The third-order valence-electron chi connectivity index (χ3n) is 11.9. The van der Waals surface area contributed by atoms with Crippen molar-refractivity contribution in [1.82, 2.24) is 29.5 Å². The van der Waals surface area contributed by atoms with Gasteiger partial charge in [-0.15, -0.1) is 11.3 Å². The zero-order valence-electron chi connectivity index (χ0n) is 33.5. The summed E-state index contributed by atoms with van der Waals surface area (Å²) in [5, 5.41) is 5.62. The van der Waals surface area contributed by atoms with Gasteiger partial charge in [-0.25, -0.2) is 24.9 Å². The fraction of sp³-hybridized carbons (Fsp3) is 0. The molecule has 0 spiro atoms. The highest BCUT2D eigenvalue weighted by Gasteiger charge is 2.21. The molecule has 0 fully saturated rings. The molecule has 8 aromatic carbocycles. The van der Waals surface area contributed by atoms with Crippen LogP contribution in [-0.4, -0.2) is 29.5 Å². The van der Waals surface area contributed by atoms with Crippen LogP contribution in [0.25, 0.3) is 127 Å². The van der Waals surface area contributed by atoms with Crippen LogP contribution in [0.4, 0.5) is 0 Å². The number of hydrogen-bond donors (Lipinski definition) is 0. The molecular weight excluding hydrogens is 793 g/mol. The van der Waals surface area contributed by atoms with Gasteiger partial charge in [-0.3, -0.25) is 0 Å². The maximum atomic E-state index is 6.38. The van der Waals surface area contributed by atoms with E-state index in [-0.39, 0.29) is 0 Å². The summed E-state index contributed by atoms with van der Waals surface area (Å²) < 4.78 is 10.9. The van der Waals surface area contributed by atoms with E-state index in [9.17, 15) is 0 Å². The van der Waals surface area contributed by atoms with Gasteiger partial charge < -0.3 is 8.98 Å². The van der Waals surface area contributed by atoms with Crippen molar-refractivity contribution in [2.24, 2.45) is 0 Å². The second kappa shape index (κ2) is 14.1. The second-order valence-corrected chi connectivity index (χ2v) is 16.7. The molecule has 294 valence electrons. The first kappa shape index (κ1) is 35.4. The molecule has 0 bridgehead atoms. The maximum absolute atomic E-state index is 6.38. The van der Waals surface area contributed by atoms with Gasteiger partial charge in [0, 0.05) is 69.8 Å². The normalized spacial score (nSPS) is 11.8. The zero-order valence-corrected chi connectivity index (χ0v) is 34.3. The number of benzene rings is 8. The minimum atomic E-state index is 0.611. The lowest BCUT2D eigenvalue weighted by molar-refractivity contribution is 0.667. The Labute approximate surface area is 364 Å². The van der Waals surface area contributed by atoms with E-state index in [1.807, 2.05) is 54.6 Å². The van der Waals surface area contributed by atoms with Gasteiger partial charge in [-0.1, -0.05) is 146 Å². The zero-order chi connectivity index (χ0) is 41.4. The quantitative estimate of drug-likeness (QED) is 0.166. The highest BCUT2D eigenvalue weighted by Crippen LogP contribution is 2.42. The predicted octanol–water partition coefficient (Wildman–Crippen LogP) is 14.4. The molecule has 0 amide bonds. The van der Waals surface area contributed by atoms with Crippen LogP contribution in [0.5, 0.6) is 0 Å². The van der Waals surface area contributed by atoms with Crippen LogP contribution >= 0.6 is 11.3 Å². The van der Waals surface area contributed by atoms with E-state index in [0.29, 0.717) is 28.9 Å². The Balaban J connectivity index is 0.982. The van der Waals surface area contributed by atoms with Crippen LogP contribution in [0.1, 0.15) is 0 Å². The summed E-state index contributed by atoms with van der Waals surface area (Å²) in [5.74, 6) is 2.49. The molecule has 0 saturated carbocycles. The molecule has 5 heterocycles. The summed E-state index contributed by atoms with van der Waals surface area (Å²) in [6, 6.07) is 66.9. The molecule has 7 nitrogen and oxygen atoms in total. The smallest absolute Gasteiger partial charge is 0.180 e. The Hall–Kier alpha value is -8.33. The standard InChI is InChI=1S/C55H32N6OS/c1-4-15-33(16-5-1)48-50-49(42-22-11-13-26-46(42)62-50)57-53(56-48)36-28-30-40-41-23-14-24-43(51(41)63-47(40)32-36)55-59-52(34-17-6-2-7-18-34)58-54(60-55)35-27-29-39-38-21-10-12-25-44(38)61(45(39)31-35)37-19-8-3-9-20-37/h1-32H. The first-order valence-corrected chi connectivity index (χ1v) is 21.6. The van der Waals surface area contributed by atoms with E-state index < -0.39 is 0 Å². The molecular formula is C55H32N6OS. The average Bonchev–Trinajstić information content (AvgIpc) is 4.03. The molecule has 0 unspecified atom stereocenters. The highest BCUT2D eigenvalue weighted by atomic mass is 32.1. The molecule has 5 aromatic heterocycles. The van der Waals surface area contributed by atoms with Crippen LogP contribution in [0, 0.1) is 0 Å². The van der Waals surface area contributed by atoms with E-state index in [4.69, 9.17) is 29.3 Å². The number of fused-ring (bicyclic) bond motifs is 9. The molecule has 0 saturated heterocycles. The number of thiophene rings is 1. The van der Waals surface area contributed by atoms with E-state index in [2.05, 4.69) is 144 Å². The van der Waals surface area contributed by atoms with Gasteiger partial charge in [0.2, 0.25) is 0 Å². The van der Waals surface area contributed by atoms with Gasteiger partial charge >= 0.3 is 0 Å². The highest BCUT2D eigenvalue weighted by molar-refractivity contribution is 7.26. The van der Waals surface area contributed by atoms with Crippen molar-refractivity contribution in [3.63, 3.8) is 0 Å². The number of rotatable bonds is 6. The van der Waals surface area contributed by atoms with Crippen LogP contribution in [-0.2, 0) is 0 Å². The first-order valence-electron chi connectivity index (χ1n) is 20.8. The first-order chi connectivity index (χ1) is 31.2. The van der Waals surface area contributed by atoms with Crippen molar-refractivity contribution in [3.8, 4) is 62.5 Å². The number of furan rings is 1. The Morgan fingerprint density at radius 1 is 0.397 bits per heavy atom. The summed E-state index contributed by atoms with van der Waals surface area (Å²) in [6.07, 6.45) is 0. The van der Waals surface area contributed by atoms with E-state index in [1.54, 1.807) is 11.3 Å². The molecule has 0 aliphatic rings. The van der Waals surface area contributed by atoms with Crippen molar-refractivity contribution in [2.75, 3.05) is 0 Å². The Bertz CT molecular complexity index is 3910. The van der Waals surface area contributed by atoms with Gasteiger partial charge in [0.15, 0.2) is 28.9 Å². The molecule has 8 heteroatoms. The van der Waals surface area contributed by atoms with Gasteiger partial charge in [-0.05, 0) is 48.5 Å². The van der Waals surface area contributed by atoms with Crippen LogP contribution in [0.3, 0.4) is 0 Å². The second-order valence-electron chi connectivity index (χ2n) is 15.6. The lowest BCUT2D eigenvalue weighted by atomic mass is 10.1. The molecule has 13 aromatic rings. The van der Waals surface area contributed by atoms with Gasteiger partial charge in [0.25, 0.3) is 0 Å². The Morgan fingerprint density at radius 2 is 1.00 bits per heavy atom. The summed E-state index contributed by atoms with van der Waals surface area (Å²) in [7, 11) is 0. The number of nitrogens with zero attached hydrogens (tertiary/aromatic N) is 6. The molecule has 0 aliphatic heterocycles. The van der Waals surface area contributed by atoms with Crippen molar-refractivity contribution in [1.29, 1.82) is 0 Å².